The van der Waals surface area contributed by atoms with E-state index in [0.717, 1.165) is 70.9 Å². The summed E-state index contributed by atoms with van der Waals surface area (Å²) in [5.41, 5.74) is 0.932. The molecule has 4 aromatic rings. The quantitative estimate of drug-likeness (QED) is 0.0201. The minimum atomic E-state index is -2.21. The molecule has 334 valence electrons. The second kappa shape index (κ2) is 33.7. The van der Waals surface area contributed by atoms with Crippen LogP contribution < -0.4 is 66.0 Å². The summed E-state index contributed by atoms with van der Waals surface area (Å²) < 4.78 is 31.5. The second-order valence-electron chi connectivity index (χ2n) is 16.2. The average molecular weight is 889 g/mol. The molecule has 0 aliphatic heterocycles. The number of ether oxygens (including phenoxy) is 4. The zero-order valence-electron chi connectivity index (χ0n) is 38.9. The first-order chi connectivity index (χ1) is 28.5. The van der Waals surface area contributed by atoms with E-state index in [1.165, 1.54) is 84.5 Å². The number of unbranched alkanes of at least 4 members (excludes halogenated alkanes) is 10. The Morgan fingerprint density at radius 1 is 0.639 bits per heavy atom. The number of carbonyl (C=O) groups excluding carboxylic acids is 3. The number of hydrogen-bond donors (Lipinski definition) is 0. The van der Waals surface area contributed by atoms with Crippen LogP contribution in [0.5, 0.6) is 11.5 Å². The minimum Gasteiger partial charge on any atom is -0.850 e. The normalized spacial score (nSPS) is 10.9. The Morgan fingerprint density at radius 2 is 1.03 bits per heavy atom. The van der Waals surface area contributed by atoms with Gasteiger partial charge in [-0.3, -0.25) is 9.59 Å². The van der Waals surface area contributed by atoms with Crippen molar-refractivity contribution in [3.8, 4) is 11.5 Å². The first-order valence-corrected chi connectivity index (χ1v) is 24.2. The fourth-order valence-corrected chi connectivity index (χ4v) is 6.34. The van der Waals surface area contributed by atoms with Gasteiger partial charge in [0.1, 0.15) is 17.8 Å². The molecular weight excluding hydrogens is 815 g/mol. The largest absolute Gasteiger partial charge is 1.00 e. The molecule has 61 heavy (non-hydrogen) atoms. The van der Waals surface area contributed by atoms with E-state index in [-0.39, 0.29) is 64.9 Å². The van der Waals surface area contributed by atoms with Gasteiger partial charge in [0.2, 0.25) is 0 Å². The molecule has 0 aliphatic rings. The van der Waals surface area contributed by atoms with Crippen LogP contribution >= 0.6 is 7.14 Å². The van der Waals surface area contributed by atoms with Gasteiger partial charge < -0.3 is 28.6 Å². The van der Waals surface area contributed by atoms with Crippen LogP contribution in [-0.2, 0) is 23.6 Å². The second-order valence-corrected chi connectivity index (χ2v) is 19.6. The standard InChI is InChI=1S/C22H28O3.C19H24O2.C5H11O3P.C4H9O.K.H2/c1-3-4-5-6-7-8-15-25-21-13-12-19-16-18(9-11-20(19)17-21)10-14-22(23)24-2;1-2-3-4-5-6-7-12-21-19-11-10-17-13-16(15-20)8-9-18(17)14-19;1-8-5(6)4-9(2,3)7;1-4(2,3)5;;/h9-14,16-17H,3-8,15H2,1-2H3;8-11,13-15H,2-7,12H2,1H3;4H2,1-3H3;1-3H3;;1H/q;;;-1;+1;/b14-10+;;;;;. The summed E-state index contributed by atoms with van der Waals surface area (Å²) in [6.45, 7) is 14.0. The maximum Gasteiger partial charge on any atom is 1.00 e. The van der Waals surface area contributed by atoms with Crippen LogP contribution in [-0.4, -0.2) is 70.8 Å². The number of aldehydes is 1. The maximum atomic E-state index is 11.2. The smallest absolute Gasteiger partial charge is 0.850 e. The fourth-order valence-electron chi connectivity index (χ4n) is 5.59. The van der Waals surface area contributed by atoms with Crippen molar-refractivity contribution in [1.82, 2.24) is 0 Å². The van der Waals surface area contributed by atoms with E-state index in [9.17, 15) is 24.1 Å². The van der Waals surface area contributed by atoms with Crippen molar-refractivity contribution >= 4 is 53.0 Å². The average Bonchev–Trinajstić information content (AvgIpc) is 3.21. The fraction of sp³-hybridized carbons (Fsp3) is 0.500. The number of rotatable bonds is 21. The summed E-state index contributed by atoms with van der Waals surface area (Å²) in [6, 6.07) is 24.0. The van der Waals surface area contributed by atoms with Crippen molar-refractivity contribution in [1.29, 1.82) is 0 Å². The van der Waals surface area contributed by atoms with Gasteiger partial charge in [-0.15, -0.1) is 5.60 Å². The molecule has 0 spiro atoms. The molecule has 0 radical (unpaired) electrons. The van der Waals surface area contributed by atoms with Crippen LogP contribution in [0.3, 0.4) is 0 Å². The summed E-state index contributed by atoms with van der Waals surface area (Å²) in [7, 11) is 0.452. The molecule has 0 unspecified atom stereocenters. The molecule has 9 nitrogen and oxygen atoms in total. The Kier molecular flexibility index (Phi) is 32.1. The Labute approximate surface area is 411 Å². The SMILES string of the molecule is CC(C)(C)[O-].CCCCCCCCOc1ccc2cc(/C=C/C(=O)OC)ccc2c1.CCCCCCCCOc1ccc2cc(C=O)ccc2c1.COC(=O)CP(C)(C)=O.[HH].[K+]. The van der Waals surface area contributed by atoms with Crippen LogP contribution in [0, 0.1) is 0 Å². The first-order valence-electron chi connectivity index (χ1n) is 21.4. The molecule has 4 aromatic carbocycles. The third-order valence-electron chi connectivity index (χ3n) is 8.69. The van der Waals surface area contributed by atoms with Gasteiger partial charge in [-0.05, 0) is 95.8 Å². The predicted molar refractivity (Wildman–Crippen MR) is 250 cm³/mol. The van der Waals surface area contributed by atoms with E-state index in [1.54, 1.807) is 40.2 Å². The molecule has 0 saturated heterocycles. The Balaban J connectivity index is 0. The number of benzene rings is 4. The van der Waals surface area contributed by atoms with Gasteiger partial charge in [0.05, 0.1) is 40.7 Å². The molecule has 4 rings (SSSR count). The zero-order chi connectivity index (χ0) is 44.8. The molecule has 0 bridgehead atoms. The Hall–Kier alpha value is -2.82. The van der Waals surface area contributed by atoms with Crippen molar-refractivity contribution in [2.24, 2.45) is 0 Å². The van der Waals surface area contributed by atoms with E-state index < -0.39 is 18.7 Å². The molecule has 0 heterocycles. The number of methoxy groups -OCH3 is 2. The predicted octanol–water partition coefficient (Wildman–Crippen LogP) is 9.33. The van der Waals surface area contributed by atoms with Gasteiger partial charge in [0, 0.05) is 13.1 Å². The molecule has 0 saturated carbocycles. The van der Waals surface area contributed by atoms with Crippen molar-refractivity contribution in [2.75, 3.05) is 46.9 Å². The van der Waals surface area contributed by atoms with Crippen LogP contribution in [0.25, 0.3) is 27.6 Å². The third-order valence-corrected chi connectivity index (χ3v) is 9.71. The van der Waals surface area contributed by atoms with Crippen LogP contribution in [0.15, 0.2) is 78.9 Å². The monoisotopic (exact) mass is 888 g/mol. The number of carbonyl (C=O) groups is 3. The van der Waals surface area contributed by atoms with Gasteiger partial charge in [0.15, 0.2) is 0 Å². The zero-order valence-corrected chi connectivity index (χ0v) is 42.9. The summed E-state index contributed by atoms with van der Waals surface area (Å²) in [5, 5.41) is 14.6. The number of esters is 2. The summed E-state index contributed by atoms with van der Waals surface area (Å²) in [6.07, 6.45) is 19.4. The van der Waals surface area contributed by atoms with E-state index >= 15 is 0 Å². The summed E-state index contributed by atoms with van der Waals surface area (Å²) in [5.74, 6) is 1.08. The molecule has 0 aromatic heterocycles. The van der Waals surface area contributed by atoms with Gasteiger partial charge >= 0.3 is 63.3 Å². The maximum absolute atomic E-state index is 11.2. The number of hydrogen-bond acceptors (Lipinski definition) is 9. The minimum absolute atomic E-state index is 0. The molecule has 0 N–H and O–H groups in total. The summed E-state index contributed by atoms with van der Waals surface area (Å²) >= 11 is 0. The van der Waals surface area contributed by atoms with Gasteiger partial charge in [-0.1, -0.05) is 135 Å². The molecule has 0 fully saturated rings. The van der Waals surface area contributed by atoms with Crippen LogP contribution in [0.2, 0.25) is 0 Å². The van der Waals surface area contributed by atoms with Crippen molar-refractivity contribution in [3.05, 3.63) is 90.0 Å². The van der Waals surface area contributed by atoms with E-state index in [4.69, 9.17) is 9.47 Å². The Morgan fingerprint density at radius 3 is 1.43 bits per heavy atom. The summed E-state index contributed by atoms with van der Waals surface area (Å²) in [4.78, 5) is 32.4. The van der Waals surface area contributed by atoms with Gasteiger partial charge in [0.25, 0.3) is 0 Å². The van der Waals surface area contributed by atoms with Gasteiger partial charge in [-0.2, -0.15) is 0 Å². The topological polar surface area (TPSA) is 128 Å². The van der Waals surface area contributed by atoms with Gasteiger partial charge in [-0.25, -0.2) is 4.79 Å². The van der Waals surface area contributed by atoms with Crippen molar-refractivity contribution < 1.29 is 95.8 Å². The van der Waals surface area contributed by atoms with Crippen molar-refractivity contribution in [3.63, 3.8) is 0 Å². The van der Waals surface area contributed by atoms with Crippen molar-refractivity contribution in [2.45, 2.75) is 117 Å². The molecule has 11 heteroatoms. The van der Waals surface area contributed by atoms with Crippen LogP contribution in [0.4, 0.5) is 0 Å². The van der Waals surface area contributed by atoms with E-state index in [0.29, 0.717) is 5.56 Å². The van der Waals surface area contributed by atoms with E-state index in [1.807, 2.05) is 60.7 Å². The van der Waals surface area contributed by atoms with Crippen LogP contribution in [0.1, 0.15) is 129 Å². The van der Waals surface area contributed by atoms with E-state index in [2.05, 4.69) is 35.5 Å². The molecular formula is C50H74KO9P. The molecule has 0 aliphatic carbocycles. The third kappa shape index (κ3) is 30.8. The molecule has 0 atom stereocenters. The molecule has 0 amide bonds. The Bertz CT molecular complexity index is 1910. The first kappa shape index (κ1) is 58.2. The number of fused-ring (bicyclic) bond motifs is 2.